The lowest BCUT2D eigenvalue weighted by molar-refractivity contribution is 0.309. The molecule has 3 nitrogen and oxygen atoms in total. The van der Waals surface area contributed by atoms with Crippen LogP contribution >= 0.6 is 0 Å². The molecule has 0 saturated heterocycles. The van der Waals surface area contributed by atoms with Gasteiger partial charge in [0.25, 0.3) is 0 Å². The second-order valence-electron chi connectivity index (χ2n) is 5.01. The summed E-state index contributed by atoms with van der Waals surface area (Å²) in [5.41, 5.74) is 7.14. The van der Waals surface area contributed by atoms with E-state index in [1.807, 2.05) is 24.3 Å². The Bertz CT molecular complexity index is 324. The average Bonchev–Trinajstić information content (AvgIpc) is 2.44. The van der Waals surface area contributed by atoms with Crippen LogP contribution in [0.5, 0.6) is 5.75 Å². The molecule has 0 aliphatic carbocycles. The number of hydrogen-bond donors (Lipinski definition) is 2. The smallest absolute Gasteiger partial charge is 0.119 e. The van der Waals surface area contributed by atoms with Crippen molar-refractivity contribution in [1.82, 2.24) is 0 Å². The summed E-state index contributed by atoms with van der Waals surface area (Å²) in [7, 11) is 0. The molecule has 0 bridgehead atoms. The number of hydrogen-bond acceptors (Lipinski definition) is 3. The van der Waals surface area contributed by atoms with Crippen molar-refractivity contribution in [3.05, 3.63) is 24.3 Å². The third-order valence-corrected chi connectivity index (χ3v) is 3.12. The number of unbranched alkanes of at least 4 members (excludes halogenated alkanes) is 2. The molecule has 0 amide bonds. The van der Waals surface area contributed by atoms with Crippen molar-refractivity contribution < 1.29 is 4.74 Å². The van der Waals surface area contributed by atoms with Crippen LogP contribution < -0.4 is 15.8 Å². The number of anilines is 1. The number of nitrogens with two attached hydrogens (primary N) is 1. The molecule has 1 atom stereocenters. The van der Waals surface area contributed by atoms with Crippen LogP contribution in [0.25, 0.3) is 0 Å². The van der Waals surface area contributed by atoms with Gasteiger partial charge in [-0.2, -0.15) is 0 Å². The van der Waals surface area contributed by atoms with Crippen molar-refractivity contribution in [3.63, 3.8) is 0 Å². The summed E-state index contributed by atoms with van der Waals surface area (Å²) >= 11 is 0. The molecule has 0 spiro atoms. The monoisotopic (exact) mass is 264 g/mol. The molecule has 0 aliphatic rings. The van der Waals surface area contributed by atoms with Crippen LogP contribution in [-0.4, -0.2) is 19.2 Å². The normalized spacial score (nSPS) is 12.2. The molecular weight excluding hydrogens is 236 g/mol. The van der Waals surface area contributed by atoms with Crippen LogP contribution in [0.2, 0.25) is 0 Å². The molecule has 0 heterocycles. The second-order valence-corrected chi connectivity index (χ2v) is 5.01. The van der Waals surface area contributed by atoms with E-state index in [4.69, 9.17) is 10.5 Å². The lowest BCUT2D eigenvalue weighted by atomic mass is 10.1. The van der Waals surface area contributed by atoms with Gasteiger partial charge in [-0.05, 0) is 37.1 Å². The third kappa shape index (κ3) is 7.06. The molecule has 1 unspecified atom stereocenters. The van der Waals surface area contributed by atoms with E-state index in [9.17, 15) is 0 Å². The highest BCUT2D eigenvalue weighted by Gasteiger charge is 2.01. The van der Waals surface area contributed by atoms with Crippen molar-refractivity contribution >= 4 is 5.69 Å². The molecule has 0 aromatic heterocycles. The highest BCUT2D eigenvalue weighted by Crippen LogP contribution is 2.16. The van der Waals surface area contributed by atoms with E-state index in [0.29, 0.717) is 0 Å². The molecule has 108 valence electrons. The van der Waals surface area contributed by atoms with Gasteiger partial charge in [0.2, 0.25) is 0 Å². The summed E-state index contributed by atoms with van der Waals surface area (Å²) in [5, 5.41) is 3.37. The van der Waals surface area contributed by atoms with Crippen molar-refractivity contribution in [2.75, 3.05) is 18.5 Å². The number of benzene rings is 1. The Morgan fingerprint density at radius 3 is 2.42 bits per heavy atom. The van der Waals surface area contributed by atoms with Crippen LogP contribution in [0, 0.1) is 0 Å². The number of ether oxygens (including phenoxy) is 1. The first-order chi connectivity index (χ1) is 9.26. The van der Waals surface area contributed by atoms with Gasteiger partial charge in [-0.3, -0.25) is 0 Å². The molecule has 1 rings (SSSR count). The van der Waals surface area contributed by atoms with E-state index in [1.165, 1.54) is 12.8 Å². The van der Waals surface area contributed by atoms with E-state index in [1.54, 1.807) is 0 Å². The van der Waals surface area contributed by atoms with Gasteiger partial charge < -0.3 is 15.8 Å². The lowest BCUT2D eigenvalue weighted by Crippen LogP contribution is -2.28. The minimum atomic E-state index is 0.237. The van der Waals surface area contributed by atoms with Crippen molar-refractivity contribution in [3.8, 4) is 5.75 Å². The van der Waals surface area contributed by atoms with E-state index in [2.05, 4.69) is 19.2 Å². The quantitative estimate of drug-likeness (QED) is 0.632. The summed E-state index contributed by atoms with van der Waals surface area (Å²) in [6, 6.07) is 8.35. The van der Waals surface area contributed by atoms with Crippen LogP contribution in [0.1, 0.15) is 46.0 Å². The molecule has 1 aromatic rings. The zero-order valence-electron chi connectivity index (χ0n) is 12.3. The predicted octanol–water partition coefficient (Wildman–Crippen LogP) is 3.79. The summed E-state index contributed by atoms with van der Waals surface area (Å²) < 4.78 is 5.63. The molecule has 0 aliphatic heterocycles. The first kappa shape index (κ1) is 15.8. The standard InChI is InChI=1S/C16H28N2O/c1-3-5-7-14(17)13-18-15-8-10-16(11-9-15)19-12-6-4-2/h8-11,14,18H,3-7,12-13,17H2,1-2H3. The molecule has 3 heteroatoms. The van der Waals surface area contributed by atoms with Crippen LogP contribution in [0.4, 0.5) is 5.69 Å². The third-order valence-electron chi connectivity index (χ3n) is 3.12. The predicted molar refractivity (Wildman–Crippen MR) is 82.8 cm³/mol. The average molecular weight is 264 g/mol. The molecule has 1 aromatic carbocycles. The molecule has 0 radical (unpaired) electrons. The Hall–Kier alpha value is -1.22. The highest BCUT2D eigenvalue weighted by atomic mass is 16.5. The second kappa shape index (κ2) is 9.68. The van der Waals surface area contributed by atoms with E-state index in [-0.39, 0.29) is 6.04 Å². The molecule has 3 N–H and O–H groups in total. The van der Waals surface area contributed by atoms with Crippen LogP contribution in [0.3, 0.4) is 0 Å². The van der Waals surface area contributed by atoms with Crippen LogP contribution in [0.15, 0.2) is 24.3 Å². The van der Waals surface area contributed by atoms with Gasteiger partial charge in [-0.1, -0.05) is 33.1 Å². The summed E-state index contributed by atoms with van der Waals surface area (Å²) in [5.74, 6) is 0.939. The zero-order chi connectivity index (χ0) is 13.9. The Balaban J connectivity index is 2.27. The number of nitrogens with one attached hydrogen (secondary N) is 1. The SMILES string of the molecule is CCCCOc1ccc(NCC(N)CCCC)cc1. The van der Waals surface area contributed by atoms with Crippen molar-refractivity contribution in [2.45, 2.75) is 52.0 Å². The van der Waals surface area contributed by atoms with Gasteiger partial charge in [0.15, 0.2) is 0 Å². The van der Waals surface area contributed by atoms with E-state index < -0.39 is 0 Å². The summed E-state index contributed by atoms with van der Waals surface area (Å²) in [6.07, 6.45) is 5.76. The van der Waals surface area contributed by atoms with Gasteiger partial charge in [-0.25, -0.2) is 0 Å². The molecule has 19 heavy (non-hydrogen) atoms. The highest BCUT2D eigenvalue weighted by molar-refractivity contribution is 5.46. The topological polar surface area (TPSA) is 47.3 Å². The first-order valence-corrected chi connectivity index (χ1v) is 7.48. The Morgan fingerprint density at radius 1 is 1.11 bits per heavy atom. The Kier molecular flexibility index (Phi) is 8.07. The first-order valence-electron chi connectivity index (χ1n) is 7.48. The van der Waals surface area contributed by atoms with Gasteiger partial charge in [0, 0.05) is 18.3 Å². The Labute approximate surface area is 117 Å². The minimum absolute atomic E-state index is 0.237. The van der Waals surface area contributed by atoms with Gasteiger partial charge in [0.05, 0.1) is 6.61 Å². The maximum absolute atomic E-state index is 6.03. The number of rotatable bonds is 10. The summed E-state index contributed by atoms with van der Waals surface area (Å²) in [6.45, 7) is 5.98. The van der Waals surface area contributed by atoms with Gasteiger partial charge >= 0.3 is 0 Å². The van der Waals surface area contributed by atoms with E-state index in [0.717, 1.165) is 43.9 Å². The maximum Gasteiger partial charge on any atom is 0.119 e. The van der Waals surface area contributed by atoms with Gasteiger partial charge in [-0.15, -0.1) is 0 Å². The fourth-order valence-electron chi connectivity index (χ4n) is 1.82. The minimum Gasteiger partial charge on any atom is -0.494 e. The fraction of sp³-hybridized carbons (Fsp3) is 0.625. The van der Waals surface area contributed by atoms with Crippen molar-refractivity contribution in [2.24, 2.45) is 5.73 Å². The van der Waals surface area contributed by atoms with Gasteiger partial charge in [0.1, 0.15) is 5.75 Å². The lowest BCUT2D eigenvalue weighted by Gasteiger charge is -2.13. The zero-order valence-corrected chi connectivity index (χ0v) is 12.3. The largest absolute Gasteiger partial charge is 0.494 e. The Morgan fingerprint density at radius 2 is 1.79 bits per heavy atom. The molecular formula is C16H28N2O. The van der Waals surface area contributed by atoms with E-state index >= 15 is 0 Å². The molecule has 0 fully saturated rings. The van der Waals surface area contributed by atoms with Crippen molar-refractivity contribution in [1.29, 1.82) is 0 Å². The van der Waals surface area contributed by atoms with Crippen LogP contribution in [-0.2, 0) is 0 Å². The fourth-order valence-corrected chi connectivity index (χ4v) is 1.82. The maximum atomic E-state index is 6.03. The molecule has 0 saturated carbocycles. The summed E-state index contributed by atoms with van der Waals surface area (Å²) in [4.78, 5) is 0.